The van der Waals surface area contributed by atoms with E-state index in [2.05, 4.69) is 17.6 Å². The van der Waals surface area contributed by atoms with Gasteiger partial charge >= 0.3 is 0 Å². The molecule has 76 valence electrons. The fourth-order valence-corrected chi connectivity index (χ4v) is 2.27. The van der Waals surface area contributed by atoms with E-state index in [0.717, 1.165) is 6.04 Å². The summed E-state index contributed by atoms with van der Waals surface area (Å²) in [5, 5.41) is 7.18. The van der Waals surface area contributed by atoms with Gasteiger partial charge in [0.25, 0.3) is 0 Å². The molecule has 1 unspecified atom stereocenters. The molecule has 0 aromatic heterocycles. The van der Waals surface area contributed by atoms with Crippen molar-refractivity contribution in [3.63, 3.8) is 0 Å². The monoisotopic (exact) mass is 182 g/mol. The van der Waals surface area contributed by atoms with Crippen molar-refractivity contribution in [2.75, 3.05) is 19.6 Å². The molecule has 0 amide bonds. The Balaban J connectivity index is 1.71. The number of piperidine rings is 1. The highest BCUT2D eigenvalue weighted by atomic mass is 15.0. The minimum Gasteiger partial charge on any atom is -0.316 e. The Morgan fingerprint density at radius 2 is 2.23 bits per heavy atom. The SMILES string of the molecule is CC1(CNC2CCC2)CCCNC1. The zero-order valence-electron chi connectivity index (χ0n) is 8.73. The maximum absolute atomic E-state index is 3.69. The van der Waals surface area contributed by atoms with Gasteiger partial charge in [0.05, 0.1) is 0 Å². The third kappa shape index (κ3) is 2.44. The van der Waals surface area contributed by atoms with Crippen LogP contribution in [0.25, 0.3) is 0 Å². The van der Waals surface area contributed by atoms with Crippen LogP contribution in [0.15, 0.2) is 0 Å². The highest BCUT2D eigenvalue weighted by molar-refractivity contribution is 4.86. The van der Waals surface area contributed by atoms with Gasteiger partial charge in [-0.05, 0) is 37.6 Å². The van der Waals surface area contributed by atoms with Crippen molar-refractivity contribution < 1.29 is 0 Å². The third-order valence-corrected chi connectivity index (χ3v) is 3.61. The highest BCUT2D eigenvalue weighted by Gasteiger charge is 2.28. The van der Waals surface area contributed by atoms with Crippen molar-refractivity contribution in [3.05, 3.63) is 0 Å². The maximum Gasteiger partial charge on any atom is 0.00673 e. The molecular formula is C11H22N2. The van der Waals surface area contributed by atoms with E-state index in [1.54, 1.807) is 0 Å². The summed E-state index contributed by atoms with van der Waals surface area (Å²) in [6, 6.07) is 0.846. The van der Waals surface area contributed by atoms with Crippen LogP contribution < -0.4 is 10.6 Å². The number of hydrogen-bond acceptors (Lipinski definition) is 2. The molecule has 2 nitrogen and oxygen atoms in total. The fraction of sp³-hybridized carbons (Fsp3) is 1.00. The van der Waals surface area contributed by atoms with Crippen molar-refractivity contribution in [2.45, 2.75) is 45.1 Å². The van der Waals surface area contributed by atoms with Crippen LogP contribution in [0.1, 0.15) is 39.0 Å². The molecule has 2 heteroatoms. The lowest BCUT2D eigenvalue weighted by Crippen LogP contribution is -2.48. The average molecular weight is 182 g/mol. The van der Waals surface area contributed by atoms with Gasteiger partial charge in [0.2, 0.25) is 0 Å². The molecular weight excluding hydrogens is 160 g/mol. The Morgan fingerprint density at radius 3 is 2.77 bits per heavy atom. The molecule has 0 radical (unpaired) electrons. The fourth-order valence-electron chi connectivity index (χ4n) is 2.27. The van der Waals surface area contributed by atoms with Crippen LogP contribution in [0, 0.1) is 5.41 Å². The van der Waals surface area contributed by atoms with Crippen LogP contribution in [0.3, 0.4) is 0 Å². The van der Waals surface area contributed by atoms with Gasteiger partial charge in [0, 0.05) is 19.1 Å². The normalized spacial score (nSPS) is 35.8. The van der Waals surface area contributed by atoms with Crippen LogP contribution in [-0.2, 0) is 0 Å². The summed E-state index contributed by atoms with van der Waals surface area (Å²) in [5.74, 6) is 0. The Morgan fingerprint density at radius 1 is 1.38 bits per heavy atom. The van der Waals surface area contributed by atoms with Gasteiger partial charge in [-0.15, -0.1) is 0 Å². The van der Waals surface area contributed by atoms with E-state index >= 15 is 0 Å². The quantitative estimate of drug-likeness (QED) is 0.691. The molecule has 0 aromatic rings. The van der Waals surface area contributed by atoms with Crippen LogP contribution >= 0.6 is 0 Å². The van der Waals surface area contributed by atoms with Gasteiger partial charge in [-0.1, -0.05) is 13.3 Å². The minimum atomic E-state index is 0.522. The van der Waals surface area contributed by atoms with Crippen LogP contribution in [0.2, 0.25) is 0 Å². The number of rotatable bonds is 3. The summed E-state index contributed by atoms with van der Waals surface area (Å²) in [7, 11) is 0. The van der Waals surface area contributed by atoms with Crippen LogP contribution in [-0.4, -0.2) is 25.7 Å². The summed E-state index contributed by atoms with van der Waals surface area (Å²) >= 11 is 0. The first kappa shape index (κ1) is 9.47. The third-order valence-electron chi connectivity index (χ3n) is 3.61. The Labute approximate surface area is 81.5 Å². The van der Waals surface area contributed by atoms with Crippen molar-refractivity contribution in [1.82, 2.24) is 10.6 Å². The first-order valence-corrected chi connectivity index (χ1v) is 5.73. The van der Waals surface area contributed by atoms with Crippen molar-refractivity contribution in [3.8, 4) is 0 Å². The van der Waals surface area contributed by atoms with E-state index in [-0.39, 0.29) is 0 Å². The number of nitrogens with one attached hydrogen (secondary N) is 2. The maximum atomic E-state index is 3.69. The van der Waals surface area contributed by atoms with E-state index in [1.807, 2.05) is 0 Å². The van der Waals surface area contributed by atoms with E-state index in [9.17, 15) is 0 Å². The van der Waals surface area contributed by atoms with Gasteiger partial charge < -0.3 is 10.6 Å². The topological polar surface area (TPSA) is 24.1 Å². The molecule has 2 N–H and O–H groups in total. The van der Waals surface area contributed by atoms with Gasteiger partial charge in [-0.25, -0.2) is 0 Å². The van der Waals surface area contributed by atoms with Gasteiger partial charge in [-0.2, -0.15) is 0 Å². The molecule has 2 rings (SSSR count). The zero-order valence-corrected chi connectivity index (χ0v) is 8.73. The van der Waals surface area contributed by atoms with E-state index in [4.69, 9.17) is 0 Å². The Hall–Kier alpha value is -0.0800. The Kier molecular flexibility index (Phi) is 2.89. The van der Waals surface area contributed by atoms with Crippen molar-refractivity contribution >= 4 is 0 Å². The van der Waals surface area contributed by atoms with E-state index in [0.29, 0.717) is 5.41 Å². The molecule has 0 aromatic carbocycles. The molecule has 1 aliphatic heterocycles. The van der Waals surface area contributed by atoms with Crippen LogP contribution in [0.4, 0.5) is 0 Å². The minimum absolute atomic E-state index is 0.522. The predicted octanol–water partition coefficient (Wildman–Crippen LogP) is 1.52. The molecule has 13 heavy (non-hydrogen) atoms. The largest absolute Gasteiger partial charge is 0.316 e. The second kappa shape index (κ2) is 3.97. The van der Waals surface area contributed by atoms with Crippen molar-refractivity contribution in [2.24, 2.45) is 5.41 Å². The molecule has 2 fully saturated rings. The second-order valence-electron chi connectivity index (χ2n) is 5.10. The molecule has 2 aliphatic rings. The highest BCUT2D eigenvalue weighted by Crippen LogP contribution is 2.26. The zero-order chi connectivity index (χ0) is 9.15. The number of hydrogen-bond donors (Lipinski definition) is 2. The van der Waals surface area contributed by atoms with E-state index < -0.39 is 0 Å². The first-order chi connectivity index (χ1) is 6.29. The van der Waals surface area contributed by atoms with Gasteiger partial charge in [0.1, 0.15) is 0 Å². The molecule has 1 saturated carbocycles. The lowest BCUT2D eigenvalue weighted by Gasteiger charge is -2.37. The smallest absolute Gasteiger partial charge is 0.00673 e. The summed E-state index contributed by atoms with van der Waals surface area (Å²) < 4.78 is 0. The first-order valence-electron chi connectivity index (χ1n) is 5.73. The van der Waals surface area contributed by atoms with Gasteiger partial charge in [-0.3, -0.25) is 0 Å². The Bertz CT molecular complexity index is 157. The lowest BCUT2D eigenvalue weighted by atomic mass is 9.81. The second-order valence-corrected chi connectivity index (χ2v) is 5.10. The summed E-state index contributed by atoms with van der Waals surface area (Å²) in [4.78, 5) is 0. The molecule has 1 aliphatic carbocycles. The molecule has 0 spiro atoms. The summed E-state index contributed by atoms with van der Waals surface area (Å²) in [6.45, 7) is 6.04. The van der Waals surface area contributed by atoms with Crippen molar-refractivity contribution in [1.29, 1.82) is 0 Å². The summed E-state index contributed by atoms with van der Waals surface area (Å²) in [6.07, 6.45) is 6.99. The van der Waals surface area contributed by atoms with Gasteiger partial charge in [0.15, 0.2) is 0 Å². The predicted molar refractivity (Wildman–Crippen MR) is 55.9 cm³/mol. The standard InChI is InChI=1S/C11H22N2/c1-11(6-3-7-12-8-11)9-13-10-4-2-5-10/h10,12-13H,2-9H2,1H3. The lowest BCUT2D eigenvalue weighted by molar-refractivity contribution is 0.201. The summed E-state index contributed by atoms with van der Waals surface area (Å²) in [5.41, 5.74) is 0.522. The average Bonchev–Trinajstić information content (AvgIpc) is 2.02. The molecule has 1 atom stereocenters. The molecule has 1 saturated heterocycles. The van der Waals surface area contributed by atoms with Crippen LogP contribution in [0.5, 0.6) is 0 Å². The molecule has 0 bridgehead atoms. The molecule has 1 heterocycles. The van der Waals surface area contributed by atoms with E-state index in [1.165, 1.54) is 51.7 Å².